The number of anilines is 1. The van der Waals surface area contributed by atoms with E-state index in [2.05, 4.69) is 15.0 Å². The molecule has 21 heavy (non-hydrogen) atoms. The molecular formula is C14H13ClN2O3S. The van der Waals surface area contributed by atoms with Crippen LogP contribution in [-0.2, 0) is 16.0 Å². The highest BCUT2D eigenvalue weighted by molar-refractivity contribution is 7.14. The van der Waals surface area contributed by atoms with Crippen LogP contribution < -0.4 is 5.32 Å². The second-order valence-electron chi connectivity index (χ2n) is 4.31. The van der Waals surface area contributed by atoms with Crippen LogP contribution >= 0.6 is 22.9 Å². The van der Waals surface area contributed by atoms with Crippen LogP contribution in [0, 0.1) is 6.92 Å². The molecule has 0 aliphatic heterocycles. The number of nitrogens with one attached hydrogen (secondary N) is 1. The molecular weight excluding hydrogens is 312 g/mol. The minimum absolute atomic E-state index is 0.0862. The number of halogens is 1. The zero-order valence-corrected chi connectivity index (χ0v) is 13.0. The second-order valence-corrected chi connectivity index (χ2v) is 5.60. The summed E-state index contributed by atoms with van der Waals surface area (Å²) in [6.07, 6.45) is 0.0862. The highest BCUT2D eigenvalue weighted by atomic mass is 35.5. The van der Waals surface area contributed by atoms with Crippen LogP contribution in [0.25, 0.3) is 0 Å². The van der Waals surface area contributed by atoms with Crippen LogP contribution in [0.4, 0.5) is 5.13 Å². The van der Waals surface area contributed by atoms with Crippen molar-refractivity contribution in [3.05, 3.63) is 45.4 Å². The summed E-state index contributed by atoms with van der Waals surface area (Å²) in [6.45, 7) is 1.81. The number of carbonyl (C=O) groups excluding carboxylic acids is 2. The van der Waals surface area contributed by atoms with Gasteiger partial charge in [-0.05, 0) is 30.7 Å². The maximum atomic E-state index is 12.2. The Morgan fingerprint density at radius 2 is 2.19 bits per heavy atom. The molecule has 0 fully saturated rings. The van der Waals surface area contributed by atoms with E-state index in [-0.39, 0.29) is 18.3 Å². The van der Waals surface area contributed by atoms with Gasteiger partial charge in [0.1, 0.15) is 0 Å². The Morgan fingerprint density at radius 3 is 2.86 bits per heavy atom. The molecule has 2 aromatic rings. The summed E-state index contributed by atoms with van der Waals surface area (Å²) < 4.78 is 4.57. The van der Waals surface area contributed by atoms with Crippen molar-refractivity contribution in [1.82, 2.24) is 4.98 Å². The maximum absolute atomic E-state index is 12.2. The normalized spacial score (nSPS) is 10.2. The lowest BCUT2D eigenvalue weighted by atomic mass is 10.1. The van der Waals surface area contributed by atoms with Crippen LogP contribution in [-0.4, -0.2) is 24.0 Å². The molecule has 1 aromatic heterocycles. The molecule has 0 saturated carbocycles. The van der Waals surface area contributed by atoms with Crippen molar-refractivity contribution in [2.24, 2.45) is 0 Å². The summed E-state index contributed by atoms with van der Waals surface area (Å²) in [4.78, 5) is 27.5. The van der Waals surface area contributed by atoms with E-state index < -0.39 is 0 Å². The van der Waals surface area contributed by atoms with Crippen molar-refractivity contribution in [2.45, 2.75) is 13.3 Å². The molecule has 110 valence electrons. The van der Waals surface area contributed by atoms with Gasteiger partial charge in [0.2, 0.25) is 0 Å². The number of hydrogen-bond donors (Lipinski definition) is 1. The average Bonchev–Trinajstić information content (AvgIpc) is 2.85. The van der Waals surface area contributed by atoms with Crippen LogP contribution in [0.2, 0.25) is 5.02 Å². The molecule has 2 rings (SSSR count). The lowest BCUT2D eigenvalue weighted by Crippen LogP contribution is -2.13. The monoisotopic (exact) mass is 324 g/mol. The smallest absolute Gasteiger partial charge is 0.311 e. The minimum atomic E-state index is -0.369. The van der Waals surface area contributed by atoms with E-state index in [9.17, 15) is 9.59 Å². The number of carbonyl (C=O) groups is 2. The van der Waals surface area contributed by atoms with E-state index >= 15 is 0 Å². The summed E-state index contributed by atoms with van der Waals surface area (Å²) in [5.41, 5.74) is 1.88. The van der Waals surface area contributed by atoms with Crippen LogP contribution in [0.5, 0.6) is 0 Å². The quantitative estimate of drug-likeness (QED) is 0.878. The predicted octanol–water partition coefficient (Wildman–Crippen LogP) is 3.07. The Balaban J connectivity index is 2.07. The third-order valence-electron chi connectivity index (χ3n) is 2.76. The number of ether oxygens (including phenoxy) is 1. The molecule has 1 heterocycles. The molecule has 0 unspecified atom stereocenters. The van der Waals surface area contributed by atoms with Gasteiger partial charge in [-0.3, -0.25) is 14.9 Å². The number of rotatable bonds is 4. The molecule has 0 radical (unpaired) electrons. The molecule has 0 bridgehead atoms. The van der Waals surface area contributed by atoms with Crippen molar-refractivity contribution < 1.29 is 14.3 Å². The van der Waals surface area contributed by atoms with Gasteiger partial charge in [0, 0.05) is 16.0 Å². The van der Waals surface area contributed by atoms with Gasteiger partial charge >= 0.3 is 5.97 Å². The van der Waals surface area contributed by atoms with Crippen molar-refractivity contribution >= 4 is 39.9 Å². The second kappa shape index (κ2) is 6.69. The SMILES string of the molecule is COC(=O)Cc1csc(NC(=O)c2ccc(Cl)cc2C)n1. The third kappa shape index (κ3) is 4.03. The molecule has 0 spiro atoms. The van der Waals surface area contributed by atoms with Crippen molar-refractivity contribution in [3.8, 4) is 0 Å². The molecule has 1 N–H and O–H groups in total. The van der Waals surface area contributed by atoms with E-state index in [1.165, 1.54) is 18.4 Å². The van der Waals surface area contributed by atoms with E-state index in [0.29, 0.717) is 21.4 Å². The van der Waals surface area contributed by atoms with E-state index in [0.717, 1.165) is 5.56 Å². The van der Waals surface area contributed by atoms with E-state index in [4.69, 9.17) is 11.6 Å². The number of aryl methyl sites for hydroxylation is 1. The van der Waals surface area contributed by atoms with Crippen molar-refractivity contribution in [1.29, 1.82) is 0 Å². The molecule has 5 nitrogen and oxygen atoms in total. The number of amides is 1. The first kappa shape index (κ1) is 15.5. The van der Waals surface area contributed by atoms with Gasteiger partial charge in [-0.1, -0.05) is 11.6 Å². The van der Waals surface area contributed by atoms with Crippen molar-refractivity contribution in [3.63, 3.8) is 0 Å². The zero-order chi connectivity index (χ0) is 15.4. The molecule has 0 aliphatic carbocycles. The van der Waals surface area contributed by atoms with Crippen LogP contribution in [0.1, 0.15) is 21.6 Å². The van der Waals surface area contributed by atoms with Gasteiger partial charge in [0.05, 0.1) is 19.2 Å². The van der Waals surface area contributed by atoms with Gasteiger partial charge in [0.15, 0.2) is 5.13 Å². The van der Waals surface area contributed by atoms with Gasteiger partial charge in [-0.15, -0.1) is 11.3 Å². The number of esters is 1. The van der Waals surface area contributed by atoms with Gasteiger partial charge < -0.3 is 4.74 Å². The van der Waals surface area contributed by atoms with Gasteiger partial charge in [-0.25, -0.2) is 4.98 Å². The van der Waals surface area contributed by atoms with E-state index in [1.54, 1.807) is 23.6 Å². The molecule has 0 aliphatic rings. The standard InChI is InChI=1S/C14H13ClN2O3S/c1-8-5-9(15)3-4-11(8)13(19)17-14-16-10(7-21-14)6-12(18)20-2/h3-5,7H,6H2,1-2H3,(H,16,17,19). The fourth-order valence-corrected chi connectivity index (χ4v) is 2.64. The predicted molar refractivity (Wildman–Crippen MR) is 82.0 cm³/mol. The zero-order valence-electron chi connectivity index (χ0n) is 11.5. The highest BCUT2D eigenvalue weighted by Gasteiger charge is 2.13. The van der Waals surface area contributed by atoms with Crippen LogP contribution in [0.15, 0.2) is 23.6 Å². The fraction of sp³-hybridized carbons (Fsp3) is 0.214. The Morgan fingerprint density at radius 1 is 1.43 bits per heavy atom. The molecule has 0 saturated heterocycles. The number of benzene rings is 1. The average molecular weight is 325 g/mol. The molecule has 1 aromatic carbocycles. The first-order valence-electron chi connectivity index (χ1n) is 6.08. The summed E-state index contributed by atoms with van der Waals surface area (Å²) in [5.74, 6) is -0.630. The van der Waals surface area contributed by atoms with Gasteiger partial charge in [-0.2, -0.15) is 0 Å². The summed E-state index contributed by atoms with van der Waals surface area (Å²) in [7, 11) is 1.32. The number of hydrogen-bond acceptors (Lipinski definition) is 5. The third-order valence-corrected chi connectivity index (χ3v) is 3.80. The largest absolute Gasteiger partial charge is 0.469 e. The molecule has 1 amide bonds. The minimum Gasteiger partial charge on any atom is -0.469 e. The Labute approximate surface area is 130 Å². The maximum Gasteiger partial charge on any atom is 0.311 e. The highest BCUT2D eigenvalue weighted by Crippen LogP contribution is 2.19. The van der Waals surface area contributed by atoms with Crippen LogP contribution in [0.3, 0.4) is 0 Å². The van der Waals surface area contributed by atoms with Gasteiger partial charge in [0.25, 0.3) is 5.91 Å². The molecule has 7 heteroatoms. The number of thiazole rings is 1. The van der Waals surface area contributed by atoms with E-state index in [1.807, 2.05) is 6.92 Å². The number of aromatic nitrogens is 1. The summed E-state index contributed by atoms with van der Waals surface area (Å²) in [6, 6.07) is 5.05. The lowest BCUT2D eigenvalue weighted by Gasteiger charge is -2.05. The first-order chi connectivity index (χ1) is 9.99. The summed E-state index contributed by atoms with van der Waals surface area (Å²) in [5, 5.41) is 5.43. The Bertz CT molecular complexity index is 685. The first-order valence-corrected chi connectivity index (χ1v) is 7.34. The lowest BCUT2D eigenvalue weighted by molar-refractivity contribution is -0.139. The number of methoxy groups -OCH3 is 1. The topological polar surface area (TPSA) is 68.3 Å². The Kier molecular flexibility index (Phi) is 4.93. The fourth-order valence-electron chi connectivity index (χ4n) is 1.71. The number of nitrogens with zero attached hydrogens (tertiary/aromatic N) is 1. The van der Waals surface area contributed by atoms with Crippen molar-refractivity contribution in [2.75, 3.05) is 12.4 Å². The Hall–Kier alpha value is -1.92. The molecule has 0 atom stereocenters. The summed E-state index contributed by atoms with van der Waals surface area (Å²) >= 11 is 7.12.